The quantitative estimate of drug-likeness (QED) is 0.351. The molecule has 2 aromatic heterocycles. The van der Waals surface area contributed by atoms with Crippen LogP contribution < -0.4 is 21.3 Å². The normalized spacial score (nSPS) is 18.3. The van der Waals surface area contributed by atoms with E-state index in [9.17, 15) is 18.8 Å². The molecular weight excluding hydrogens is 537 g/mol. The molecular formula is C28H32FN5O5S. The molecule has 1 aromatic carbocycles. The standard InChI is InChI=1S/C28H32FN5O5S/c29-17-7-4-10-19(15-17)34(24(21-12-6-14-39-21)27(36)31-16-20-11-5-13-38-20)28(37)25-22(30)23(33-40-25)26(35)32-18-8-2-1-3-9-18/h4,6-7,10,12,14-15,18,20,24H,1-3,5,8-9,11,13,16,30H2,(H,31,36)(H,32,35)/t20-,24-/m0/s1. The maximum absolute atomic E-state index is 14.4. The maximum atomic E-state index is 14.4. The van der Waals surface area contributed by atoms with Gasteiger partial charge in [0.25, 0.3) is 17.7 Å². The van der Waals surface area contributed by atoms with Gasteiger partial charge < -0.3 is 25.5 Å². The average molecular weight is 570 g/mol. The van der Waals surface area contributed by atoms with Crippen LogP contribution in [0.15, 0.2) is 47.1 Å². The minimum absolute atomic E-state index is 0.0289. The molecule has 10 nitrogen and oxygen atoms in total. The van der Waals surface area contributed by atoms with E-state index >= 15 is 0 Å². The third-order valence-corrected chi connectivity index (χ3v) is 8.08. The number of hydrogen-bond acceptors (Lipinski definition) is 8. The lowest BCUT2D eigenvalue weighted by Gasteiger charge is -2.30. The predicted molar refractivity (Wildman–Crippen MR) is 148 cm³/mol. The Morgan fingerprint density at radius 1 is 1.12 bits per heavy atom. The monoisotopic (exact) mass is 569 g/mol. The van der Waals surface area contributed by atoms with Gasteiger partial charge in [-0.25, -0.2) is 4.39 Å². The summed E-state index contributed by atoms with van der Waals surface area (Å²) in [5.74, 6) is -2.14. The minimum Gasteiger partial charge on any atom is -0.467 e. The van der Waals surface area contributed by atoms with Crippen molar-refractivity contribution >= 4 is 40.6 Å². The number of rotatable bonds is 9. The van der Waals surface area contributed by atoms with Crippen molar-refractivity contribution in [3.8, 4) is 0 Å². The van der Waals surface area contributed by atoms with Gasteiger partial charge in [0.15, 0.2) is 11.7 Å². The molecule has 12 heteroatoms. The van der Waals surface area contributed by atoms with Gasteiger partial charge in [-0.3, -0.25) is 19.3 Å². The summed E-state index contributed by atoms with van der Waals surface area (Å²) < 4.78 is 29.8. The number of ether oxygens (including phenoxy) is 1. The van der Waals surface area contributed by atoms with Gasteiger partial charge in [0.2, 0.25) is 0 Å². The van der Waals surface area contributed by atoms with Crippen molar-refractivity contribution in [3.63, 3.8) is 0 Å². The number of carbonyl (C=O) groups is 3. The zero-order valence-electron chi connectivity index (χ0n) is 21.9. The zero-order valence-corrected chi connectivity index (χ0v) is 22.8. The van der Waals surface area contributed by atoms with Gasteiger partial charge in [0, 0.05) is 24.9 Å². The van der Waals surface area contributed by atoms with Crippen LogP contribution in [0.5, 0.6) is 0 Å². The lowest BCUT2D eigenvalue weighted by atomic mass is 9.95. The van der Waals surface area contributed by atoms with Gasteiger partial charge in [0.1, 0.15) is 16.5 Å². The summed E-state index contributed by atoms with van der Waals surface area (Å²) in [5.41, 5.74) is 6.29. The lowest BCUT2D eigenvalue weighted by molar-refractivity contribution is -0.123. The summed E-state index contributed by atoms with van der Waals surface area (Å²) in [5, 5.41) is 5.81. The van der Waals surface area contributed by atoms with E-state index in [4.69, 9.17) is 14.9 Å². The topological polar surface area (TPSA) is 140 Å². The number of benzene rings is 1. The summed E-state index contributed by atoms with van der Waals surface area (Å²) in [7, 11) is 0. The number of nitrogens with zero attached hydrogens (tertiary/aromatic N) is 2. The number of amides is 3. The molecule has 3 heterocycles. The smallest absolute Gasteiger partial charge is 0.273 e. The summed E-state index contributed by atoms with van der Waals surface area (Å²) in [6.45, 7) is 0.868. The van der Waals surface area contributed by atoms with E-state index in [0.29, 0.717) is 6.61 Å². The van der Waals surface area contributed by atoms with E-state index in [0.717, 1.165) is 67.4 Å². The van der Waals surface area contributed by atoms with Crippen LogP contribution in [-0.4, -0.2) is 47.4 Å². The molecule has 212 valence electrons. The highest BCUT2D eigenvalue weighted by Gasteiger charge is 2.38. The van der Waals surface area contributed by atoms with Crippen molar-refractivity contribution in [2.75, 3.05) is 23.8 Å². The molecule has 1 saturated carbocycles. The second-order valence-electron chi connectivity index (χ2n) is 10.0. The van der Waals surface area contributed by atoms with Crippen molar-refractivity contribution in [1.29, 1.82) is 0 Å². The molecule has 4 N–H and O–H groups in total. The fourth-order valence-corrected chi connectivity index (χ4v) is 5.91. The average Bonchev–Trinajstić information content (AvgIpc) is 3.73. The molecule has 3 amide bonds. The fraction of sp³-hybridized carbons (Fsp3) is 0.429. The predicted octanol–water partition coefficient (Wildman–Crippen LogP) is 4.20. The second kappa shape index (κ2) is 12.6. The third kappa shape index (κ3) is 6.18. The molecule has 5 rings (SSSR count). The summed E-state index contributed by atoms with van der Waals surface area (Å²) >= 11 is 0.759. The van der Waals surface area contributed by atoms with E-state index in [2.05, 4.69) is 15.0 Å². The summed E-state index contributed by atoms with van der Waals surface area (Å²) in [6, 6.07) is 7.22. The van der Waals surface area contributed by atoms with E-state index in [1.807, 2.05) is 0 Å². The Morgan fingerprint density at radius 3 is 2.65 bits per heavy atom. The van der Waals surface area contributed by atoms with Gasteiger partial charge in [-0.15, -0.1) is 0 Å². The molecule has 1 aliphatic heterocycles. The maximum Gasteiger partial charge on any atom is 0.273 e. The molecule has 0 bridgehead atoms. The molecule has 0 unspecified atom stereocenters. The van der Waals surface area contributed by atoms with Crippen LogP contribution in [0.1, 0.15) is 76.9 Å². The summed E-state index contributed by atoms with van der Waals surface area (Å²) in [4.78, 5) is 41.8. The molecule has 3 aromatic rings. The van der Waals surface area contributed by atoms with E-state index < -0.39 is 29.6 Å². The first-order valence-electron chi connectivity index (χ1n) is 13.5. The Bertz CT molecular complexity index is 1330. The Morgan fingerprint density at radius 2 is 1.95 bits per heavy atom. The highest BCUT2D eigenvalue weighted by Crippen LogP contribution is 2.34. The highest BCUT2D eigenvalue weighted by molar-refractivity contribution is 7.09. The number of nitrogen functional groups attached to an aromatic ring is 1. The minimum atomic E-state index is -1.30. The fourth-order valence-electron chi connectivity index (χ4n) is 5.17. The molecule has 40 heavy (non-hydrogen) atoms. The molecule has 1 aliphatic carbocycles. The molecule has 0 spiro atoms. The largest absolute Gasteiger partial charge is 0.467 e. The SMILES string of the molecule is Nc1c(C(=O)NC2CCCCC2)nsc1C(=O)N(c1cccc(F)c1)[C@H](C(=O)NC[C@@H]1CCCO1)c1ccco1. The van der Waals surface area contributed by atoms with E-state index in [1.54, 1.807) is 12.1 Å². The van der Waals surface area contributed by atoms with Crippen LogP contribution in [0.25, 0.3) is 0 Å². The molecule has 2 atom stereocenters. The number of aromatic nitrogens is 1. The van der Waals surface area contributed by atoms with Crippen molar-refractivity contribution in [2.45, 2.75) is 63.1 Å². The Balaban J connectivity index is 1.47. The van der Waals surface area contributed by atoms with Gasteiger partial charge >= 0.3 is 0 Å². The number of anilines is 2. The van der Waals surface area contributed by atoms with Crippen molar-refractivity contribution in [2.24, 2.45) is 0 Å². The Hall–Kier alpha value is -3.77. The third-order valence-electron chi connectivity index (χ3n) is 7.23. The number of carbonyl (C=O) groups excluding carboxylic acids is 3. The van der Waals surface area contributed by atoms with Crippen LogP contribution >= 0.6 is 11.5 Å². The molecule has 2 fully saturated rings. The Kier molecular flexibility index (Phi) is 8.75. The van der Waals surface area contributed by atoms with Gasteiger partial charge in [0.05, 0.1) is 18.1 Å². The first-order valence-corrected chi connectivity index (χ1v) is 14.3. The second-order valence-corrected chi connectivity index (χ2v) is 10.8. The summed E-state index contributed by atoms with van der Waals surface area (Å²) in [6.07, 6.45) is 7.92. The first kappa shape index (κ1) is 27.8. The van der Waals surface area contributed by atoms with Crippen molar-refractivity contribution < 1.29 is 27.9 Å². The van der Waals surface area contributed by atoms with E-state index in [-0.39, 0.29) is 46.4 Å². The van der Waals surface area contributed by atoms with Crippen LogP contribution in [-0.2, 0) is 9.53 Å². The number of nitrogens with one attached hydrogen (secondary N) is 2. The van der Waals surface area contributed by atoms with Crippen molar-refractivity contribution in [1.82, 2.24) is 15.0 Å². The number of nitrogens with two attached hydrogens (primary N) is 1. The number of halogens is 1. The molecule has 2 aliphatic rings. The lowest BCUT2D eigenvalue weighted by Crippen LogP contribution is -2.45. The van der Waals surface area contributed by atoms with Gasteiger partial charge in [-0.1, -0.05) is 25.3 Å². The number of furan rings is 1. The Labute approximate surface area is 235 Å². The molecule has 1 saturated heterocycles. The molecule has 0 radical (unpaired) electrons. The van der Waals surface area contributed by atoms with Crippen LogP contribution in [0.3, 0.4) is 0 Å². The first-order chi connectivity index (χ1) is 19.4. The van der Waals surface area contributed by atoms with E-state index in [1.165, 1.54) is 24.5 Å². The van der Waals surface area contributed by atoms with Crippen LogP contribution in [0.4, 0.5) is 15.8 Å². The van der Waals surface area contributed by atoms with Gasteiger partial charge in [-0.05, 0) is 67.5 Å². The van der Waals surface area contributed by atoms with Gasteiger partial charge in [-0.2, -0.15) is 4.37 Å². The number of hydrogen-bond donors (Lipinski definition) is 3. The highest BCUT2D eigenvalue weighted by atomic mass is 32.1. The van der Waals surface area contributed by atoms with Crippen LogP contribution in [0.2, 0.25) is 0 Å². The van der Waals surface area contributed by atoms with Crippen molar-refractivity contribution in [3.05, 3.63) is 64.8 Å². The zero-order chi connectivity index (χ0) is 28.1. The van der Waals surface area contributed by atoms with Crippen LogP contribution in [0, 0.1) is 5.82 Å².